The van der Waals surface area contributed by atoms with E-state index in [1.165, 1.54) is 19.3 Å². The largest absolute Gasteiger partial charge is 0.383 e. The van der Waals surface area contributed by atoms with Crippen molar-refractivity contribution in [1.29, 1.82) is 0 Å². The number of aromatic nitrogens is 2. The van der Waals surface area contributed by atoms with Gasteiger partial charge in [-0.05, 0) is 12.3 Å². The molecule has 1 rings (SSSR count). The molecule has 0 aromatic carbocycles. The Hall–Kier alpha value is -1.52. The van der Waals surface area contributed by atoms with Crippen LogP contribution >= 0.6 is 0 Å². The van der Waals surface area contributed by atoms with Crippen LogP contribution in [0.25, 0.3) is 0 Å². The molecule has 1 heterocycles. The number of anilines is 3. The van der Waals surface area contributed by atoms with E-state index in [9.17, 15) is 0 Å². The molecule has 1 aromatic heterocycles. The summed E-state index contributed by atoms with van der Waals surface area (Å²) < 4.78 is 0. The molecule has 0 fully saturated rings. The van der Waals surface area contributed by atoms with E-state index in [1.54, 1.807) is 0 Å². The van der Waals surface area contributed by atoms with Crippen LogP contribution in [-0.4, -0.2) is 9.97 Å². The van der Waals surface area contributed by atoms with Crippen LogP contribution in [0, 0.1) is 5.92 Å². The summed E-state index contributed by atoms with van der Waals surface area (Å²) >= 11 is 0. The standard InChI is InChI=1S/C12H23N5/c1-3-5-6-8(4-2)7-9-10(13)16-12(15)17-11(9)14/h8H,3-7H2,1-2H3,(H6,13,14,15,16,17). The number of nitrogen functional groups attached to an aromatic ring is 3. The third-order valence-electron chi connectivity index (χ3n) is 3.12. The monoisotopic (exact) mass is 237 g/mol. The van der Waals surface area contributed by atoms with Crippen LogP contribution in [0.2, 0.25) is 0 Å². The van der Waals surface area contributed by atoms with Gasteiger partial charge in [0.2, 0.25) is 5.95 Å². The van der Waals surface area contributed by atoms with Gasteiger partial charge >= 0.3 is 0 Å². The molecule has 6 N–H and O–H groups in total. The fourth-order valence-electron chi connectivity index (χ4n) is 1.98. The molecule has 96 valence electrons. The van der Waals surface area contributed by atoms with Crippen molar-refractivity contribution in [3.8, 4) is 0 Å². The zero-order valence-corrected chi connectivity index (χ0v) is 10.7. The van der Waals surface area contributed by atoms with Crippen LogP contribution in [-0.2, 0) is 6.42 Å². The summed E-state index contributed by atoms with van der Waals surface area (Å²) in [6.45, 7) is 4.38. The summed E-state index contributed by atoms with van der Waals surface area (Å²) in [4.78, 5) is 7.93. The van der Waals surface area contributed by atoms with Gasteiger partial charge in [-0.3, -0.25) is 0 Å². The van der Waals surface area contributed by atoms with E-state index in [1.807, 2.05) is 0 Å². The third kappa shape index (κ3) is 3.76. The van der Waals surface area contributed by atoms with E-state index in [4.69, 9.17) is 17.2 Å². The van der Waals surface area contributed by atoms with Crippen molar-refractivity contribution in [2.24, 2.45) is 5.92 Å². The highest BCUT2D eigenvalue weighted by atomic mass is 15.1. The minimum atomic E-state index is 0.144. The van der Waals surface area contributed by atoms with Crippen molar-refractivity contribution >= 4 is 17.6 Å². The minimum Gasteiger partial charge on any atom is -0.383 e. The molecular weight excluding hydrogens is 214 g/mol. The van der Waals surface area contributed by atoms with E-state index in [0.29, 0.717) is 17.6 Å². The van der Waals surface area contributed by atoms with Crippen molar-refractivity contribution in [1.82, 2.24) is 9.97 Å². The number of hydrogen-bond acceptors (Lipinski definition) is 5. The normalized spacial score (nSPS) is 12.6. The molecule has 0 aliphatic rings. The first-order valence-corrected chi connectivity index (χ1v) is 6.25. The molecule has 0 aliphatic carbocycles. The lowest BCUT2D eigenvalue weighted by molar-refractivity contribution is 0.449. The van der Waals surface area contributed by atoms with Crippen molar-refractivity contribution in [2.75, 3.05) is 17.2 Å². The maximum Gasteiger partial charge on any atom is 0.223 e. The Kier molecular flexibility index (Phi) is 5.00. The highest BCUT2D eigenvalue weighted by Gasteiger charge is 2.14. The number of rotatable bonds is 6. The number of hydrogen-bond donors (Lipinski definition) is 3. The van der Waals surface area contributed by atoms with Gasteiger partial charge < -0.3 is 17.2 Å². The quantitative estimate of drug-likeness (QED) is 0.701. The van der Waals surface area contributed by atoms with Crippen molar-refractivity contribution in [3.63, 3.8) is 0 Å². The first kappa shape index (κ1) is 13.5. The predicted molar refractivity (Wildman–Crippen MR) is 72.3 cm³/mol. The van der Waals surface area contributed by atoms with Crippen LogP contribution in [0.5, 0.6) is 0 Å². The lowest BCUT2D eigenvalue weighted by atomic mass is 9.92. The average Bonchev–Trinajstić information content (AvgIpc) is 2.27. The number of unbranched alkanes of at least 4 members (excludes halogenated alkanes) is 1. The second-order valence-corrected chi connectivity index (χ2v) is 4.45. The van der Waals surface area contributed by atoms with Gasteiger partial charge in [-0.25, -0.2) is 0 Å². The molecule has 1 aromatic rings. The summed E-state index contributed by atoms with van der Waals surface area (Å²) in [5.41, 5.74) is 18.0. The van der Waals surface area contributed by atoms with E-state index >= 15 is 0 Å². The molecule has 0 spiro atoms. The highest BCUT2D eigenvalue weighted by Crippen LogP contribution is 2.25. The summed E-state index contributed by atoms with van der Waals surface area (Å²) in [6.07, 6.45) is 5.59. The van der Waals surface area contributed by atoms with E-state index < -0.39 is 0 Å². The fraction of sp³-hybridized carbons (Fsp3) is 0.667. The Balaban J connectivity index is 2.78. The molecule has 0 bridgehead atoms. The van der Waals surface area contributed by atoms with Crippen LogP contribution in [0.15, 0.2) is 0 Å². The van der Waals surface area contributed by atoms with Gasteiger partial charge in [0.05, 0.1) is 0 Å². The zero-order valence-electron chi connectivity index (χ0n) is 10.7. The zero-order chi connectivity index (χ0) is 12.8. The first-order valence-electron chi connectivity index (χ1n) is 6.25. The average molecular weight is 237 g/mol. The Morgan fingerprint density at radius 1 is 1.06 bits per heavy atom. The van der Waals surface area contributed by atoms with Crippen LogP contribution < -0.4 is 17.2 Å². The van der Waals surface area contributed by atoms with E-state index in [-0.39, 0.29) is 5.95 Å². The Morgan fingerprint density at radius 3 is 2.12 bits per heavy atom. The molecule has 17 heavy (non-hydrogen) atoms. The van der Waals surface area contributed by atoms with Gasteiger partial charge in [0.25, 0.3) is 0 Å². The smallest absolute Gasteiger partial charge is 0.223 e. The third-order valence-corrected chi connectivity index (χ3v) is 3.12. The van der Waals surface area contributed by atoms with Gasteiger partial charge in [0, 0.05) is 5.56 Å². The topological polar surface area (TPSA) is 104 Å². The van der Waals surface area contributed by atoms with E-state index in [2.05, 4.69) is 23.8 Å². The molecule has 0 amide bonds. The molecule has 1 atom stereocenters. The Bertz CT molecular complexity index is 341. The predicted octanol–water partition coefficient (Wildman–Crippen LogP) is 1.98. The van der Waals surface area contributed by atoms with Gasteiger partial charge in [-0.1, -0.05) is 39.5 Å². The molecule has 5 heteroatoms. The lowest BCUT2D eigenvalue weighted by Gasteiger charge is -2.16. The van der Waals surface area contributed by atoms with Crippen molar-refractivity contribution in [3.05, 3.63) is 5.56 Å². The van der Waals surface area contributed by atoms with E-state index in [0.717, 1.165) is 18.4 Å². The van der Waals surface area contributed by atoms with Crippen LogP contribution in [0.3, 0.4) is 0 Å². The second kappa shape index (κ2) is 6.27. The fourth-order valence-corrected chi connectivity index (χ4v) is 1.98. The number of nitrogens with two attached hydrogens (primary N) is 3. The van der Waals surface area contributed by atoms with Gasteiger partial charge in [-0.15, -0.1) is 0 Å². The second-order valence-electron chi connectivity index (χ2n) is 4.45. The molecule has 0 saturated carbocycles. The van der Waals surface area contributed by atoms with Crippen LogP contribution in [0.1, 0.15) is 45.1 Å². The molecular formula is C12H23N5. The minimum absolute atomic E-state index is 0.144. The summed E-state index contributed by atoms with van der Waals surface area (Å²) in [5.74, 6) is 1.58. The van der Waals surface area contributed by atoms with Gasteiger partial charge in [0.15, 0.2) is 0 Å². The van der Waals surface area contributed by atoms with Crippen molar-refractivity contribution in [2.45, 2.75) is 46.0 Å². The van der Waals surface area contributed by atoms with Crippen LogP contribution in [0.4, 0.5) is 17.6 Å². The Labute approximate surface area is 103 Å². The summed E-state index contributed by atoms with van der Waals surface area (Å²) in [5, 5.41) is 0. The summed E-state index contributed by atoms with van der Waals surface area (Å²) in [7, 11) is 0. The maximum atomic E-state index is 5.84. The SMILES string of the molecule is CCCCC(CC)Cc1c(N)nc(N)nc1N. The number of nitrogens with zero attached hydrogens (tertiary/aromatic N) is 2. The maximum absolute atomic E-state index is 5.84. The summed E-state index contributed by atoms with van der Waals surface area (Å²) in [6, 6.07) is 0. The Morgan fingerprint density at radius 2 is 1.65 bits per heavy atom. The lowest BCUT2D eigenvalue weighted by Crippen LogP contribution is -2.12. The molecule has 0 saturated heterocycles. The first-order chi connectivity index (χ1) is 8.08. The van der Waals surface area contributed by atoms with Gasteiger partial charge in [-0.2, -0.15) is 9.97 Å². The van der Waals surface area contributed by atoms with Gasteiger partial charge in [0.1, 0.15) is 11.6 Å². The molecule has 5 nitrogen and oxygen atoms in total. The molecule has 0 radical (unpaired) electrons. The highest BCUT2D eigenvalue weighted by molar-refractivity contribution is 5.55. The van der Waals surface area contributed by atoms with Crippen molar-refractivity contribution < 1.29 is 0 Å². The molecule has 1 unspecified atom stereocenters. The molecule has 0 aliphatic heterocycles.